The summed E-state index contributed by atoms with van der Waals surface area (Å²) < 4.78 is 5.73. The maximum absolute atomic E-state index is 11.4. The SMILES string of the molecule is O=C(O)C1(OCc2n[nH]c(-c3ccc(Cl)cc3)c2Cc2ccccc2Cl)CC1. The smallest absolute Gasteiger partial charge is 0.335 e. The molecule has 144 valence electrons. The number of aliphatic carboxylic acids is 1. The molecule has 0 spiro atoms. The summed E-state index contributed by atoms with van der Waals surface area (Å²) >= 11 is 12.4. The molecule has 3 aromatic rings. The van der Waals surface area contributed by atoms with E-state index in [2.05, 4.69) is 10.2 Å². The molecule has 0 atom stereocenters. The third-order valence-corrected chi connectivity index (χ3v) is 5.61. The first kappa shape index (κ1) is 19.0. The molecule has 2 N–H and O–H groups in total. The van der Waals surface area contributed by atoms with E-state index < -0.39 is 11.6 Å². The molecule has 0 unspecified atom stereocenters. The molecule has 0 bridgehead atoms. The first-order valence-corrected chi connectivity index (χ1v) is 9.67. The zero-order chi connectivity index (χ0) is 19.7. The number of rotatable bonds is 7. The number of carboxylic acids is 1. The number of hydrogen-bond donors (Lipinski definition) is 2. The third-order valence-electron chi connectivity index (χ3n) is 4.99. The van der Waals surface area contributed by atoms with Gasteiger partial charge in [0.1, 0.15) is 0 Å². The molecule has 1 aliphatic carbocycles. The van der Waals surface area contributed by atoms with Crippen molar-refractivity contribution >= 4 is 29.2 Å². The quantitative estimate of drug-likeness (QED) is 0.560. The van der Waals surface area contributed by atoms with Gasteiger partial charge in [-0.2, -0.15) is 5.10 Å². The van der Waals surface area contributed by atoms with Crippen molar-refractivity contribution in [2.45, 2.75) is 31.5 Å². The molecule has 4 rings (SSSR count). The predicted octanol–water partition coefficient (Wildman–Crippen LogP) is 5.11. The number of hydrogen-bond acceptors (Lipinski definition) is 3. The van der Waals surface area contributed by atoms with Crippen molar-refractivity contribution in [3.05, 3.63) is 75.4 Å². The molecular weight excluding hydrogens is 399 g/mol. The molecule has 1 aliphatic rings. The van der Waals surface area contributed by atoms with E-state index in [9.17, 15) is 9.90 Å². The van der Waals surface area contributed by atoms with Crippen LogP contribution in [0.15, 0.2) is 48.5 Å². The van der Waals surface area contributed by atoms with E-state index >= 15 is 0 Å². The number of aromatic amines is 1. The van der Waals surface area contributed by atoms with Crippen molar-refractivity contribution in [2.24, 2.45) is 0 Å². The van der Waals surface area contributed by atoms with Gasteiger partial charge in [0.2, 0.25) is 0 Å². The lowest BCUT2D eigenvalue weighted by atomic mass is 9.99. The fourth-order valence-electron chi connectivity index (χ4n) is 3.14. The number of carboxylic acid groups (broad SMARTS) is 1. The van der Waals surface area contributed by atoms with Gasteiger partial charge in [-0.3, -0.25) is 5.10 Å². The van der Waals surface area contributed by atoms with Crippen molar-refractivity contribution in [1.29, 1.82) is 0 Å². The van der Waals surface area contributed by atoms with Crippen LogP contribution in [0.1, 0.15) is 29.7 Å². The minimum atomic E-state index is -1.07. The molecule has 0 radical (unpaired) electrons. The minimum Gasteiger partial charge on any atom is -0.479 e. The summed E-state index contributed by atoms with van der Waals surface area (Å²) in [5.74, 6) is -0.923. The van der Waals surface area contributed by atoms with Crippen LogP contribution in [0.2, 0.25) is 10.0 Å². The molecular formula is C21H18Cl2N2O3. The van der Waals surface area contributed by atoms with E-state index in [1.807, 2.05) is 48.5 Å². The first-order chi connectivity index (χ1) is 13.5. The Balaban J connectivity index is 1.68. The van der Waals surface area contributed by atoms with E-state index in [1.165, 1.54) is 0 Å². The number of ether oxygens (including phenoxy) is 1. The van der Waals surface area contributed by atoms with E-state index in [1.54, 1.807) is 0 Å². The number of halogens is 2. The largest absolute Gasteiger partial charge is 0.479 e. The Labute approximate surface area is 172 Å². The number of H-pyrrole nitrogens is 1. The molecule has 5 nitrogen and oxygen atoms in total. The average Bonchev–Trinajstić information content (AvgIpc) is 3.38. The summed E-state index contributed by atoms with van der Waals surface area (Å²) in [6.07, 6.45) is 1.60. The van der Waals surface area contributed by atoms with Crippen LogP contribution in [0.5, 0.6) is 0 Å². The van der Waals surface area contributed by atoms with Gasteiger partial charge in [0.25, 0.3) is 0 Å². The van der Waals surface area contributed by atoms with Crippen LogP contribution in [0, 0.1) is 0 Å². The number of nitrogens with one attached hydrogen (secondary N) is 1. The Morgan fingerprint density at radius 2 is 1.86 bits per heavy atom. The van der Waals surface area contributed by atoms with Gasteiger partial charge >= 0.3 is 5.97 Å². The second-order valence-corrected chi connectivity index (χ2v) is 7.73. The van der Waals surface area contributed by atoms with Crippen LogP contribution in [-0.2, 0) is 22.6 Å². The Morgan fingerprint density at radius 1 is 1.14 bits per heavy atom. The molecule has 2 aromatic carbocycles. The summed E-state index contributed by atoms with van der Waals surface area (Å²) in [5.41, 5.74) is 3.27. The van der Waals surface area contributed by atoms with Gasteiger partial charge in [-0.25, -0.2) is 4.79 Å². The fourth-order valence-corrected chi connectivity index (χ4v) is 3.47. The highest BCUT2D eigenvalue weighted by Gasteiger charge is 2.52. The van der Waals surface area contributed by atoms with Gasteiger partial charge in [-0.1, -0.05) is 53.5 Å². The molecule has 1 fully saturated rings. The second-order valence-electron chi connectivity index (χ2n) is 6.89. The van der Waals surface area contributed by atoms with E-state index in [0.717, 1.165) is 22.4 Å². The van der Waals surface area contributed by atoms with Gasteiger partial charge in [-0.05, 0) is 42.2 Å². The van der Waals surface area contributed by atoms with E-state index in [-0.39, 0.29) is 6.61 Å². The van der Waals surface area contributed by atoms with Gasteiger partial charge in [0.15, 0.2) is 5.60 Å². The van der Waals surface area contributed by atoms with Gasteiger partial charge in [-0.15, -0.1) is 0 Å². The van der Waals surface area contributed by atoms with Crippen LogP contribution >= 0.6 is 23.2 Å². The summed E-state index contributed by atoms with van der Waals surface area (Å²) in [7, 11) is 0. The second kappa shape index (κ2) is 7.59. The van der Waals surface area contributed by atoms with E-state index in [0.29, 0.717) is 35.0 Å². The van der Waals surface area contributed by atoms with Gasteiger partial charge in [0.05, 0.1) is 18.0 Å². The standard InChI is InChI=1S/C21H18Cl2N2O3/c22-15-7-5-13(6-8-15)19-16(11-14-3-1-2-4-17(14)23)18(24-25-19)12-28-21(9-10-21)20(26)27/h1-8H,9-12H2,(H,24,25)(H,26,27). The van der Waals surface area contributed by atoms with Crippen molar-refractivity contribution in [3.8, 4) is 11.3 Å². The average molecular weight is 417 g/mol. The van der Waals surface area contributed by atoms with Crippen LogP contribution in [0.3, 0.4) is 0 Å². The highest BCUT2D eigenvalue weighted by Crippen LogP contribution is 2.41. The Bertz CT molecular complexity index is 1010. The molecule has 1 heterocycles. The lowest BCUT2D eigenvalue weighted by Crippen LogP contribution is -2.25. The molecule has 7 heteroatoms. The number of benzene rings is 2. The van der Waals surface area contributed by atoms with Gasteiger partial charge in [0, 0.05) is 22.0 Å². The summed E-state index contributed by atoms with van der Waals surface area (Å²) in [4.78, 5) is 11.4. The normalized spacial score (nSPS) is 14.8. The molecule has 28 heavy (non-hydrogen) atoms. The third kappa shape index (κ3) is 3.78. The molecule has 0 saturated heterocycles. The van der Waals surface area contributed by atoms with Crippen LogP contribution in [0.4, 0.5) is 0 Å². The number of carbonyl (C=O) groups is 1. The highest BCUT2D eigenvalue weighted by atomic mass is 35.5. The first-order valence-electron chi connectivity index (χ1n) is 8.91. The summed E-state index contributed by atoms with van der Waals surface area (Å²) in [6, 6.07) is 15.1. The predicted molar refractivity (Wildman–Crippen MR) is 108 cm³/mol. The summed E-state index contributed by atoms with van der Waals surface area (Å²) in [6.45, 7) is 0.121. The highest BCUT2D eigenvalue weighted by molar-refractivity contribution is 6.31. The van der Waals surface area contributed by atoms with Crippen molar-refractivity contribution < 1.29 is 14.6 Å². The maximum atomic E-state index is 11.4. The molecule has 1 aromatic heterocycles. The van der Waals surface area contributed by atoms with Crippen molar-refractivity contribution in [1.82, 2.24) is 10.2 Å². The van der Waals surface area contributed by atoms with Crippen molar-refractivity contribution in [2.75, 3.05) is 0 Å². The molecule has 0 aliphatic heterocycles. The number of aromatic nitrogens is 2. The van der Waals surface area contributed by atoms with Crippen LogP contribution < -0.4 is 0 Å². The Morgan fingerprint density at radius 3 is 2.50 bits per heavy atom. The van der Waals surface area contributed by atoms with E-state index in [4.69, 9.17) is 27.9 Å². The Hall–Kier alpha value is -2.34. The van der Waals surface area contributed by atoms with Gasteiger partial charge < -0.3 is 9.84 Å². The zero-order valence-electron chi connectivity index (χ0n) is 14.9. The minimum absolute atomic E-state index is 0.121. The lowest BCUT2D eigenvalue weighted by molar-refractivity contribution is -0.154. The Kier molecular flexibility index (Phi) is 5.15. The molecule has 1 saturated carbocycles. The molecule has 0 amide bonds. The summed E-state index contributed by atoms with van der Waals surface area (Å²) in [5, 5.41) is 18.2. The maximum Gasteiger partial charge on any atom is 0.335 e. The monoisotopic (exact) mass is 416 g/mol. The fraction of sp³-hybridized carbons (Fsp3) is 0.238. The zero-order valence-corrected chi connectivity index (χ0v) is 16.4. The van der Waals surface area contributed by atoms with Crippen LogP contribution in [-0.4, -0.2) is 26.9 Å². The lowest BCUT2D eigenvalue weighted by Gasteiger charge is -2.12. The number of nitrogens with zero attached hydrogens (tertiary/aromatic N) is 1. The van der Waals surface area contributed by atoms with Crippen LogP contribution in [0.25, 0.3) is 11.3 Å². The van der Waals surface area contributed by atoms with Crippen molar-refractivity contribution in [3.63, 3.8) is 0 Å². The topological polar surface area (TPSA) is 75.2 Å².